The van der Waals surface area contributed by atoms with Crippen LogP contribution >= 0.6 is 0 Å². The summed E-state index contributed by atoms with van der Waals surface area (Å²) in [5.41, 5.74) is 0.447. The maximum atomic E-state index is 12.2. The first-order valence-corrected chi connectivity index (χ1v) is 6.99. The van der Waals surface area contributed by atoms with E-state index in [0.29, 0.717) is 24.8 Å². The van der Waals surface area contributed by atoms with Crippen molar-refractivity contribution >= 4 is 17.7 Å². The van der Waals surface area contributed by atoms with Gasteiger partial charge in [-0.3, -0.25) is 9.88 Å². The molecule has 1 fully saturated rings. The SMILES string of the molecule is CCN1CCN(C(=O)Nc2cncc(C(=O)O)c2)CC1C. The molecule has 2 heterocycles. The Morgan fingerprint density at radius 2 is 2.19 bits per heavy atom. The van der Waals surface area contributed by atoms with Gasteiger partial charge < -0.3 is 15.3 Å². The van der Waals surface area contributed by atoms with E-state index in [0.717, 1.165) is 13.1 Å². The first kappa shape index (κ1) is 15.2. The van der Waals surface area contributed by atoms with Crippen LogP contribution in [0.1, 0.15) is 24.2 Å². The summed E-state index contributed by atoms with van der Waals surface area (Å²) >= 11 is 0. The van der Waals surface area contributed by atoms with Gasteiger partial charge in [0.05, 0.1) is 17.4 Å². The van der Waals surface area contributed by atoms with Crippen molar-refractivity contribution in [2.75, 3.05) is 31.5 Å². The van der Waals surface area contributed by atoms with Gasteiger partial charge in [0.15, 0.2) is 0 Å². The van der Waals surface area contributed by atoms with Gasteiger partial charge in [-0.2, -0.15) is 0 Å². The van der Waals surface area contributed by atoms with Gasteiger partial charge >= 0.3 is 12.0 Å². The Morgan fingerprint density at radius 1 is 1.43 bits per heavy atom. The lowest BCUT2D eigenvalue weighted by molar-refractivity contribution is 0.0696. The van der Waals surface area contributed by atoms with Crippen molar-refractivity contribution in [2.45, 2.75) is 19.9 Å². The van der Waals surface area contributed by atoms with E-state index in [9.17, 15) is 9.59 Å². The number of anilines is 1. The summed E-state index contributed by atoms with van der Waals surface area (Å²) in [6.45, 7) is 7.34. The number of nitrogens with zero attached hydrogens (tertiary/aromatic N) is 3. The minimum atomic E-state index is -1.07. The zero-order valence-electron chi connectivity index (χ0n) is 12.2. The van der Waals surface area contributed by atoms with Crippen LogP contribution in [0.15, 0.2) is 18.5 Å². The van der Waals surface area contributed by atoms with Gasteiger partial charge in [-0.05, 0) is 19.5 Å². The summed E-state index contributed by atoms with van der Waals surface area (Å²) < 4.78 is 0. The third-order valence-electron chi connectivity index (χ3n) is 3.69. The Labute approximate surface area is 123 Å². The molecule has 7 heteroatoms. The quantitative estimate of drug-likeness (QED) is 0.878. The molecule has 0 aromatic carbocycles. The molecule has 7 nitrogen and oxygen atoms in total. The zero-order chi connectivity index (χ0) is 15.4. The van der Waals surface area contributed by atoms with Gasteiger partial charge in [-0.25, -0.2) is 9.59 Å². The number of amides is 2. The summed E-state index contributed by atoms with van der Waals surface area (Å²) in [6, 6.07) is 1.50. The van der Waals surface area contributed by atoms with Crippen LogP contribution in [0, 0.1) is 0 Å². The molecule has 2 amide bonds. The predicted molar refractivity (Wildman–Crippen MR) is 78.5 cm³/mol. The van der Waals surface area contributed by atoms with E-state index in [-0.39, 0.29) is 11.6 Å². The van der Waals surface area contributed by atoms with Crippen molar-refractivity contribution < 1.29 is 14.7 Å². The summed E-state index contributed by atoms with van der Waals surface area (Å²) in [6.07, 6.45) is 2.69. The van der Waals surface area contributed by atoms with Crippen molar-refractivity contribution in [3.8, 4) is 0 Å². The smallest absolute Gasteiger partial charge is 0.337 e. The van der Waals surface area contributed by atoms with Crippen LogP contribution in [-0.2, 0) is 0 Å². The van der Waals surface area contributed by atoms with Crippen LogP contribution in [0.5, 0.6) is 0 Å². The number of hydrogen-bond donors (Lipinski definition) is 2. The third kappa shape index (κ3) is 3.69. The monoisotopic (exact) mass is 292 g/mol. The van der Waals surface area contributed by atoms with Crippen LogP contribution in [0.25, 0.3) is 0 Å². The maximum absolute atomic E-state index is 12.2. The Kier molecular flexibility index (Phi) is 4.74. The molecule has 0 bridgehead atoms. The molecule has 0 radical (unpaired) electrons. The highest BCUT2D eigenvalue weighted by molar-refractivity contribution is 5.92. The van der Waals surface area contributed by atoms with Gasteiger partial charge in [0.25, 0.3) is 0 Å². The highest BCUT2D eigenvalue weighted by atomic mass is 16.4. The second-order valence-electron chi connectivity index (χ2n) is 5.12. The average molecular weight is 292 g/mol. The number of carbonyl (C=O) groups is 2. The van der Waals surface area contributed by atoms with E-state index < -0.39 is 5.97 Å². The van der Waals surface area contributed by atoms with Crippen LogP contribution in [0.2, 0.25) is 0 Å². The standard InChI is InChI=1S/C14H20N4O3/c1-3-17-4-5-18(9-10(17)2)14(21)16-12-6-11(13(19)20)7-15-8-12/h6-8,10H,3-5,9H2,1-2H3,(H,16,21)(H,19,20). The molecular weight excluding hydrogens is 272 g/mol. The molecule has 1 aliphatic rings. The van der Waals surface area contributed by atoms with Crippen molar-refractivity contribution in [1.29, 1.82) is 0 Å². The molecule has 1 atom stereocenters. The molecule has 2 N–H and O–H groups in total. The van der Waals surface area contributed by atoms with Crippen molar-refractivity contribution in [3.05, 3.63) is 24.0 Å². The number of urea groups is 1. The summed E-state index contributed by atoms with van der Waals surface area (Å²) in [4.78, 5) is 31.0. The number of pyridine rings is 1. The molecule has 2 rings (SSSR count). The number of carboxylic acid groups (broad SMARTS) is 1. The fourth-order valence-electron chi connectivity index (χ4n) is 2.48. The number of piperazine rings is 1. The normalized spacial score (nSPS) is 19.3. The van der Waals surface area contributed by atoms with Crippen LogP contribution in [-0.4, -0.2) is 64.1 Å². The lowest BCUT2D eigenvalue weighted by Crippen LogP contribution is -2.54. The highest BCUT2D eigenvalue weighted by Crippen LogP contribution is 2.13. The molecule has 1 saturated heterocycles. The van der Waals surface area contributed by atoms with E-state index >= 15 is 0 Å². The second kappa shape index (κ2) is 6.53. The minimum absolute atomic E-state index is 0.0528. The molecule has 0 saturated carbocycles. The van der Waals surface area contributed by atoms with Gasteiger partial charge in [-0.15, -0.1) is 0 Å². The molecule has 0 aliphatic carbocycles. The molecule has 1 aromatic heterocycles. The number of likely N-dealkylation sites (N-methyl/N-ethyl adjacent to an activating group) is 1. The number of aromatic carboxylic acids is 1. The van der Waals surface area contributed by atoms with E-state index in [4.69, 9.17) is 5.11 Å². The van der Waals surface area contributed by atoms with Gasteiger partial charge in [0.2, 0.25) is 0 Å². The lowest BCUT2D eigenvalue weighted by atomic mass is 10.2. The molecule has 114 valence electrons. The van der Waals surface area contributed by atoms with Gasteiger partial charge in [0, 0.05) is 31.9 Å². The Bertz CT molecular complexity index is 535. The Hall–Kier alpha value is -2.15. The lowest BCUT2D eigenvalue weighted by Gasteiger charge is -2.39. The number of hydrogen-bond acceptors (Lipinski definition) is 4. The molecular formula is C14H20N4O3. The fraction of sp³-hybridized carbons (Fsp3) is 0.500. The third-order valence-corrected chi connectivity index (χ3v) is 3.69. The zero-order valence-corrected chi connectivity index (χ0v) is 12.2. The number of aromatic nitrogens is 1. The number of carboxylic acids is 1. The maximum Gasteiger partial charge on any atom is 0.337 e. The minimum Gasteiger partial charge on any atom is -0.478 e. The topological polar surface area (TPSA) is 85.8 Å². The number of nitrogens with one attached hydrogen (secondary N) is 1. The molecule has 1 unspecified atom stereocenters. The second-order valence-corrected chi connectivity index (χ2v) is 5.12. The molecule has 0 spiro atoms. The first-order valence-electron chi connectivity index (χ1n) is 6.99. The predicted octanol–water partition coefficient (Wildman–Crippen LogP) is 1.34. The van der Waals surface area contributed by atoms with E-state index in [1.807, 2.05) is 0 Å². The average Bonchev–Trinajstić information content (AvgIpc) is 2.47. The van der Waals surface area contributed by atoms with Crippen LogP contribution < -0.4 is 5.32 Å². The van der Waals surface area contributed by atoms with Gasteiger partial charge in [0.1, 0.15) is 0 Å². The Balaban J connectivity index is 1.99. The molecule has 1 aliphatic heterocycles. The number of carbonyl (C=O) groups excluding carboxylic acids is 1. The van der Waals surface area contributed by atoms with Crippen molar-refractivity contribution in [3.63, 3.8) is 0 Å². The van der Waals surface area contributed by atoms with Crippen molar-refractivity contribution in [1.82, 2.24) is 14.8 Å². The van der Waals surface area contributed by atoms with Crippen LogP contribution in [0.4, 0.5) is 10.5 Å². The largest absolute Gasteiger partial charge is 0.478 e. The van der Waals surface area contributed by atoms with Crippen LogP contribution in [0.3, 0.4) is 0 Å². The highest BCUT2D eigenvalue weighted by Gasteiger charge is 2.25. The van der Waals surface area contributed by atoms with Gasteiger partial charge in [-0.1, -0.05) is 6.92 Å². The van der Waals surface area contributed by atoms with E-state index in [1.54, 1.807) is 4.90 Å². The van der Waals surface area contributed by atoms with E-state index in [2.05, 4.69) is 29.0 Å². The molecule has 21 heavy (non-hydrogen) atoms. The first-order chi connectivity index (χ1) is 10.0. The fourth-order valence-corrected chi connectivity index (χ4v) is 2.48. The van der Waals surface area contributed by atoms with Crippen molar-refractivity contribution in [2.24, 2.45) is 0 Å². The Morgan fingerprint density at radius 3 is 2.81 bits per heavy atom. The summed E-state index contributed by atoms with van der Waals surface area (Å²) in [5.74, 6) is -1.07. The molecule has 1 aromatic rings. The summed E-state index contributed by atoms with van der Waals surface area (Å²) in [7, 11) is 0. The number of rotatable bonds is 3. The van der Waals surface area contributed by atoms with E-state index in [1.165, 1.54) is 18.5 Å². The summed E-state index contributed by atoms with van der Waals surface area (Å²) in [5, 5.41) is 11.6.